The summed E-state index contributed by atoms with van der Waals surface area (Å²) in [6, 6.07) is 5.66. The fourth-order valence-corrected chi connectivity index (χ4v) is 2.69. The van der Waals surface area contributed by atoms with Crippen LogP contribution in [0, 0.1) is 5.92 Å². The molecule has 0 aromatic heterocycles. The van der Waals surface area contributed by atoms with Crippen molar-refractivity contribution in [3.63, 3.8) is 0 Å². The third-order valence-electron chi connectivity index (χ3n) is 3.35. The Morgan fingerprint density at radius 1 is 1.39 bits per heavy atom. The van der Waals surface area contributed by atoms with Crippen LogP contribution in [-0.2, 0) is 4.79 Å². The summed E-state index contributed by atoms with van der Waals surface area (Å²) in [6.07, 6.45) is 2.37. The maximum absolute atomic E-state index is 11.1. The number of nitrogens with zero attached hydrogens (tertiary/aromatic N) is 1. The molecule has 1 heterocycles. The van der Waals surface area contributed by atoms with E-state index in [-0.39, 0.29) is 11.8 Å². The van der Waals surface area contributed by atoms with Gasteiger partial charge in [-0.05, 0) is 31.0 Å². The lowest BCUT2D eigenvalue weighted by atomic mass is 9.95. The summed E-state index contributed by atoms with van der Waals surface area (Å²) >= 11 is 3.35. The number of benzene rings is 1. The van der Waals surface area contributed by atoms with E-state index in [2.05, 4.69) is 20.8 Å². The molecule has 1 fully saturated rings. The van der Waals surface area contributed by atoms with Crippen LogP contribution in [0.4, 0.5) is 5.69 Å². The monoisotopic (exact) mass is 310 g/mol. The van der Waals surface area contributed by atoms with E-state index in [1.54, 1.807) is 0 Å². The normalized spacial score (nSPS) is 16.6. The standard InChI is InChI=1S/C13H15BrN2O2/c14-11-1-2-12(10(7-11)8-17)16-5-3-9(4-6-16)13(15)18/h1-2,7-9H,3-6H2,(H2,15,18). The number of primary amides is 1. The summed E-state index contributed by atoms with van der Waals surface area (Å²) in [6.45, 7) is 1.52. The number of amides is 1. The molecule has 0 atom stereocenters. The first-order valence-electron chi connectivity index (χ1n) is 5.91. The SMILES string of the molecule is NC(=O)C1CCN(c2ccc(Br)cc2C=O)CC1. The minimum Gasteiger partial charge on any atom is -0.371 e. The predicted octanol–water partition coefficient (Wildman–Crippen LogP) is 1.96. The maximum atomic E-state index is 11.1. The highest BCUT2D eigenvalue weighted by molar-refractivity contribution is 9.10. The minimum atomic E-state index is -0.221. The van der Waals surface area contributed by atoms with Crippen LogP contribution in [0.25, 0.3) is 0 Å². The zero-order valence-electron chi connectivity index (χ0n) is 9.93. The molecule has 0 spiro atoms. The molecule has 0 aliphatic carbocycles. The van der Waals surface area contributed by atoms with Crippen molar-refractivity contribution in [3.05, 3.63) is 28.2 Å². The molecule has 2 N–H and O–H groups in total. The largest absolute Gasteiger partial charge is 0.371 e. The van der Waals surface area contributed by atoms with Gasteiger partial charge in [0.1, 0.15) is 0 Å². The van der Waals surface area contributed by atoms with Crippen molar-refractivity contribution in [1.82, 2.24) is 0 Å². The quantitative estimate of drug-likeness (QED) is 0.868. The Morgan fingerprint density at radius 2 is 2.06 bits per heavy atom. The molecule has 1 aromatic rings. The van der Waals surface area contributed by atoms with E-state index in [0.29, 0.717) is 5.56 Å². The molecule has 96 valence electrons. The van der Waals surface area contributed by atoms with E-state index in [4.69, 9.17) is 5.73 Å². The zero-order valence-corrected chi connectivity index (χ0v) is 11.5. The second-order valence-corrected chi connectivity index (χ2v) is 5.40. The predicted molar refractivity (Wildman–Crippen MR) is 73.7 cm³/mol. The van der Waals surface area contributed by atoms with Crippen LogP contribution in [0.15, 0.2) is 22.7 Å². The van der Waals surface area contributed by atoms with E-state index in [9.17, 15) is 9.59 Å². The highest BCUT2D eigenvalue weighted by Crippen LogP contribution is 2.27. The molecule has 1 amide bonds. The van der Waals surface area contributed by atoms with Gasteiger partial charge in [-0.1, -0.05) is 15.9 Å². The molecular formula is C13H15BrN2O2. The van der Waals surface area contributed by atoms with Crippen LogP contribution < -0.4 is 10.6 Å². The van der Waals surface area contributed by atoms with Crippen LogP contribution in [0.2, 0.25) is 0 Å². The number of anilines is 1. The van der Waals surface area contributed by atoms with Crippen molar-refractivity contribution in [2.24, 2.45) is 11.7 Å². The van der Waals surface area contributed by atoms with Gasteiger partial charge in [0.25, 0.3) is 0 Å². The molecule has 18 heavy (non-hydrogen) atoms. The number of aldehydes is 1. The number of piperidine rings is 1. The highest BCUT2D eigenvalue weighted by atomic mass is 79.9. The van der Waals surface area contributed by atoms with Gasteiger partial charge >= 0.3 is 0 Å². The number of hydrogen-bond acceptors (Lipinski definition) is 3. The Hall–Kier alpha value is -1.36. The molecular weight excluding hydrogens is 296 g/mol. The molecule has 1 aliphatic heterocycles. The first-order chi connectivity index (χ1) is 8.61. The van der Waals surface area contributed by atoms with E-state index in [1.165, 1.54) is 0 Å². The van der Waals surface area contributed by atoms with Crippen LogP contribution in [0.3, 0.4) is 0 Å². The van der Waals surface area contributed by atoms with Crippen LogP contribution in [0.1, 0.15) is 23.2 Å². The Kier molecular flexibility index (Phi) is 4.01. The van der Waals surface area contributed by atoms with Crippen LogP contribution in [0.5, 0.6) is 0 Å². The summed E-state index contributed by atoms with van der Waals surface area (Å²) in [4.78, 5) is 24.3. The molecule has 0 radical (unpaired) electrons. The van der Waals surface area contributed by atoms with E-state index in [1.807, 2.05) is 18.2 Å². The lowest BCUT2D eigenvalue weighted by Crippen LogP contribution is -2.38. The third-order valence-corrected chi connectivity index (χ3v) is 3.85. The van der Waals surface area contributed by atoms with Crippen molar-refractivity contribution < 1.29 is 9.59 Å². The van der Waals surface area contributed by atoms with Crippen molar-refractivity contribution in [2.45, 2.75) is 12.8 Å². The van der Waals surface area contributed by atoms with Crippen LogP contribution in [-0.4, -0.2) is 25.3 Å². The highest BCUT2D eigenvalue weighted by Gasteiger charge is 2.24. The summed E-state index contributed by atoms with van der Waals surface area (Å²) in [5.41, 5.74) is 6.90. The molecule has 0 bridgehead atoms. The lowest BCUT2D eigenvalue weighted by Gasteiger charge is -2.33. The van der Waals surface area contributed by atoms with Gasteiger partial charge in [0.15, 0.2) is 6.29 Å². The number of halogens is 1. The number of carbonyl (C=O) groups excluding carboxylic acids is 2. The van der Waals surface area contributed by atoms with Gasteiger partial charge in [-0.25, -0.2) is 0 Å². The number of rotatable bonds is 3. The second kappa shape index (κ2) is 5.52. The summed E-state index contributed by atoms with van der Waals surface area (Å²) in [7, 11) is 0. The third kappa shape index (κ3) is 2.72. The lowest BCUT2D eigenvalue weighted by molar-refractivity contribution is -0.122. The van der Waals surface area contributed by atoms with Gasteiger partial charge in [-0.15, -0.1) is 0 Å². The Morgan fingerprint density at radius 3 is 2.61 bits per heavy atom. The summed E-state index contributed by atoms with van der Waals surface area (Å²) in [5.74, 6) is -0.252. The molecule has 0 saturated carbocycles. The zero-order chi connectivity index (χ0) is 13.1. The van der Waals surface area contributed by atoms with Gasteiger partial charge in [0.2, 0.25) is 5.91 Å². The molecule has 1 saturated heterocycles. The topological polar surface area (TPSA) is 63.4 Å². The first kappa shape index (κ1) is 13.1. The van der Waals surface area contributed by atoms with Crippen molar-refractivity contribution >= 4 is 33.8 Å². The second-order valence-electron chi connectivity index (χ2n) is 4.48. The van der Waals surface area contributed by atoms with Gasteiger partial charge in [-0.2, -0.15) is 0 Å². The van der Waals surface area contributed by atoms with Crippen LogP contribution >= 0.6 is 15.9 Å². The van der Waals surface area contributed by atoms with Crippen molar-refractivity contribution in [1.29, 1.82) is 0 Å². The smallest absolute Gasteiger partial charge is 0.220 e. The van der Waals surface area contributed by atoms with Crippen molar-refractivity contribution in [2.75, 3.05) is 18.0 Å². The molecule has 0 unspecified atom stereocenters. The Bertz CT molecular complexity index is 468. The molecule has 5 heteroatoms. The minimum absolute atomic E-state index is 0.0311. The molecule has 1 aliphatic rings. The fourth-order valence-electron chi connectivity index (χ4n) is 2.31. The van der Waals surface area contributed by atoms with Gasteiger partial charge in [0.05, 0.1) is 0 Å². The Labute approximate surface area is 114 Å². The van der Waals surface area contributed by atoms with Gasteiger partial charge < -0.3 is 10.6 Å². The average molecular weight is 311 g/mol. The summed E-state index contributed by atoms with van der Waals surface area (Å²) < 4.78 is 0.889. The maximum Gasteiger partial charge on any atom is 0.220 e. The molecule has 1 aromatic carbocycles. The van der Waals surface area contributed by atoms with E-state index >= 15 is 0 Å². The molecule has 4 nitrogen and oxygen atoms in total. The van der Waals surface area contributed by atoms with Gasteiger partial charge in [-0.3, -0.25) is 9.59 Å². The van der Waals surface area contributed by atoms with Gasteiger partial charge in [0, 0.05) is 34.7 Å². The Balaban J connectivity index is 2.14. The van der Waals surface area contributed by atoms with E-state index < -0.39 is 0 Å². The fraction of sp³-hybridized carbons (Fsp3) is 0.385. The van der Waals surface area contributed by atoms with Crippen molar-refractivity contribution in [3.8, 4) is 0 Å². The number of carbonyl (C=O) groups is 2. The van der Waals surface area contributed by atoms with E-state index in [0.717, 1.165) is 42.4 Å². The number of nitrogens with two attached hydrogens (primary N) is 1. The first-order valence-corrected chi connectivity index (χ1v) is 6.70. The summed E-state index contributed by atoms with van der Waals surface area (Å²) in [5, 5.41) is 0. The average Bonchev–Trinajstić information content (AvgIpc) is 2.38. The number of hydrogen-bond donors (Lipinski definition) is 1. The molecule has 2 rings (SSSR count).